The molecule has 2 heteroatoms. The summed E-state index contributed by atoms with van der Waals surface area (Å²) in [6, 6.07) is 8.60. The average Bonchev–Trinajstić information content (AvgIpc) is 2.21. The third kappa shape index (κ3) is 3.28. The summed E-state index contributed by atoms with van der Waals surface area (Å²) in [6.07, 6.45) is 3.08. The first-order valence-corrected chi connectivity index (χ1v) is 5.68. The summed E-state index contributed by atoms with van der Waals surface area (Å²) in [4.78, 5) is 0. The Balaban J connectivity index is 2.68. The highest BCUT2D eigenvalue weighted by atomic mass is 79.9. The average molecular weight is 254 g/mol. The SMILES string of the molecule is C=CC(NCCC)c1ccc(Br)cc1. The van der Waals surface area contributed by atoms with Crippen LogP contribution in [-0.4, -0.2) is 6.54 Å². The number of nitrogens with one attached hydrogen (secondary N) is 1. The summed E-state index contributed by atoms with van der Waals surface area (Å²) < 4.78 is 1.11. The van der Waals surface area contributed by atoms with Crippen LogP contribution in [0.3, 0.4) is 0 Å². The summed E-state index contributed by atoms with van der Waals surface area (Å²) in [5, 5.41) is 3.42. The lowest BCUT2D eigenvalue weighted by Gasteiger charge is -2.14. The third-order valence-corrected chi connectivity index (χ3v) is 2.61. The van der Waals surface area contributed by atoms with Gasteiger partial charge in [0.05, 0.1) is 6.04 Å². The summed E-state index contributed by atoms with van der Waals surface area (Å²) in [5.41, 5.74) is 1.26. The molecule has 0 aliphatic heterocycles. The Morgan fingerprint density at radius 3 is 2.57 bits per heavy atom. The van der Waals surface area contributed by atoms with Gasteiger partial charge < -0.3 is 5.32 Å². The van der Waals surface area contributed by atoms with Gasteiger partial charge in [0.1, 0.15) is 0 Å². The number of hydrogen-bond acceptors (Lipinski definition) is 1. The zero-order chi connectivity index (χ0) is 10.4. The lowest BCUT2D eigenvalue weighted by Crippen LogP contribution is -2.19. The molecule has 1 nitrogen and oxygen atoms in total. The van der Waals surface area contributed by atoms with E-state index >= 15 is 0 Å². The maximum Gasteiger partial charge on any atom is 0.0503 e. The highest BCUT2D eigenvalue weighted by molar-refractivity contribution is 9.10. The van der Waals surface area contributed by atoms with E-state index in [1.165, 1.54) is 5.56 Å². The predicted molar refractivity (Wildman–Crippen MR) is 65.4 cm³/mol. The van der Waals surface area contributed by atoms with E-state index in [0.717, 1.165) is 17.4 Å². The molecule has 1 unspecified atom stereocenters. The van der Waals surface area contributed by atoms with E-state index < -0.39 is 0 Å². The molecule has 0 amide bonds. The van der Waals surface area contributed by atoms with Crippen LogP contribution in [-0.2, 0) is 0 Å². The summed E-state index contributed by atoms with van der Waals surface area (Å²) in [6.45, 7) is 7.02. The third-order valence-electron chi connectivity index (χ3n) is 2.08. The molecule has 76 valence electrons. The lowest BCUT2D eigenvalue weighted by atomic mass is 10.1. The smallest absolute Gasteiger partial charge is 0.0503 e. The van der Waals surface area contributed by atoms with Crippen LogP contribution in [0.15, 0.2) is 41.4 Å². The zero-order valence-corrected chi connectivity index (χ0v) is 10.0. The summed E-state index contributed by atoms with van der Waals surface area (Å²) in [7, 11) is 0. The van der Waals surface area contributed by atoms with Crippen molar-refractivity contribution in [3.63, 3.8) is 0 Å². The van der Waals surface area contributed by atoms with Crippen LogP contribution in [0.5, 0.6) is 0 Å². The van der Waals surface area contributed by atoms with Gasteiger partial charge in [-0.25, -0.2) is 0 Å². The van der Waals surface area contributed by atoms with Crippen molar-refractivity contribution in [1.29, 1.82) is 0 Å². The molecule has 1 N–H and O–H groups in total. The monoisotopic (exact) mass is 253 g/mol. The van der Waals surface area contributed by atoms with Crippen LogP contribution >= 0.6 is 15.9 Å². The normalized spacial score (nSPS) is 12.4. The molecule has 0 saturated carbocycles. The number of benzene rings is 1. The van der Waals surface area contributed by atoms with Crippen molar-refractivity contribution in [1.82, 2.24) is 5.32 Å². The topological polar surface area (TPSA) is 12.0 Å². The zero-order valence-electron chi connectivity index (χ0n) is 8.46. The van der Waals surface area contributed by atoms with Crippen LogP contribution in [0, 0.1) is 0 Å². The summed E-state index contributed by atoms with van der Waals surface area (Å²) >= 11 is 3.42. The molecule has 0 aliphatic carbocycles. The Kier molecular flexibility index (Phi) is 4.91. The van der Waals surface area contributed by atoms with Crippen LogP contribution < -0.4 is 5.32 Å². The first kappa shape index (κ1) is 11.5. The number of hydrogen-bond donors (Lipinski definition) is 1. The Bertz CT molecular complexity index is 279. The minimum atomic E-state index is 0.267. The van der Waals surface area contributed by atoms with Gasteiger partial charge in [-0.3, -0.25) is 0 Å². The van der Waals surface area contributed by atoms with Crippen LogP contribution in [0.2, 0.25) is 0 Å². The Morgan fingerprint density at radius 1 is 1.43 bits per heavy atom. The molecule has 14 heavy (non-hydrogen) atoms. The van der Waals surface area contributed by atoms with Crippen LogP contribution in [0.1, 0.15) is 24.9 Å². The van der Waals surface area contributed by atoms with Crippen molar-refractivity contribution in [3.8, 4) is 0 Å². The number of halogens is 1. The maximum absolute atomic E-state index is 3.84. The largest absolute Gasteiger partial charge is 0.307 e. The van der Waals surface area contributed by atoms with E-state index in [9.17, 15) is 0 Å². The van der Waals surface area contributed by atoms with Gasteiger partial charge in [-0.2, -0.15) is 0 Å². The van der Waals surface area contributed by atoms with Crippen molar-refractivity contribution in [2.24, 2.45) is 0 Å². The molecule has 0 aliphatic rings. The Hall–Kier alpha value is -0.600. The molecule has 0 saturated heterocycles. The van der Waals surface area contributed by atoms with Gasteiger partial charge in [-0.1, -0.05) is 41.1 Å². The minimum Gasteiger partial charge on any atom is -0.307 e. The van der Waals surface area contributed by atoms with Gasteiger partial charge >= 0.3 is 0 Å². The molecule has 0 aromatic heterocycles. The fourth-order valence-corrected chi connectivity index (χ4v) is 1.57. The molecule has 1 aromatic rings. The lowest BCUT2D eigenvalue weighted by molar-refractivity contribution is 0.613. The summed E-state index contributed by atoms with van der Waals surface area (Å²) in [5.74, 6) is 0. The van der Waals surface area contributed by atoms with Crippen molar-refractivity contribution in [2.45, 2.75) is 19.4 Å². The molecular weight excluding hydrogens is 238 g/mol. The van der Waals surface area contributed by atoms with E-state index in [1.54, 1.807) is 0 Å². The molecule has 1 rings (SSSR count). The molecular formula is C12H16BrN. The van der Waals surface area contributed by atoms with Gasteiger partial charge in [0.15, 0.2) is 0 Å². The molecule has 1 atom stereocenters. The molecule has 0 spiro atoms. The minimum absolute atomic E-state index is 0.267. The van der Waals surface area contributed by atoms with Gasteiger partial charge in [0.2, 0.25) is 0 Å². The first-order valence-electron chi connectivity index (χ1n) is 4.89. The fraction of sp³-hybridized carbons (Fsp3) is 0.333. The maximum atomic E-state index is 3.84. The Labute approximate surface area is 94.3 Å². The van der Waals surface area contributed by atoms with E-state index in [1.807, 2.05) is 6.08 Å². The van der Waals surface area contributed by atoms with Gasteiger partial charge in [-0.05, 0) is 30.7 Å². The van der Waals surface area contributed by atoms with Crippen molar-refractivity contribution in [3.05, 3.63) is 47.0 Å². The molecule has 1 aromatic carbocycles. The second kappa shape index (κ2) is 5.99. The van der Waals surface area contributed by atoms with Gasteiger partial charge in [0, 0.05) is 4.47 Å². The van der Waals surface area contributed by atoms with E-state index in [0.29, 0.717) is 0 Å². The van der Waals surface area contributed by atoms with Crippen molar-refractivity contribution < 1.29 is 0 Å². The highest BCUT2D eigenvalue weighted by Crippen LogP contribution is 2.17. The molecule has 0 bridgehead atoms. The fourth-order valence-electron chi connectivity index (χ4n) is 1.31. The second-order valence-corrected chi connectivity index (χ2v) is 4.13. The molecule has 0 radical (unpaired) electrons. The highest BCUT2D eigenvalue weighted by Gasteiger charge is 2.04. The predicted octanol–water partition coefficient (Wildman–Crippen LogP) is 3.68. The first-order chi connectivity index (χ1) is 6.77. The van der Waals surface area contributed by atoms with Crippen molar-refractivity contribution >= 4 is 15.9 Å². The van der Waals surface area contributed by atoms with Crippen LogP contribution in [0.25, 0.3) is 0 Å². The molecule has 0 heterocycles. The van der Waals surface area contributed by atoms with Crippen molar-refractivity contribution in [2.75, 3.05) is 6.54 Å². The molecule has 0 fully saturated rings. The van der Waals surface area contributed by atoms with Crippen LogP contribution in [0.4, 0.5) is 0 Å². The quantitative estimate of drug-likeness (QED) is 0.790. The van der Waals surface area contributed by atoms with E-state index in [2.05, 4.69) is 59.0 Å². The Morgan fingerprint density at radius 2 is 2.07 bits per heavy atom. The standard InChI is InChI=1S/C12H16BrN/c1-3-9-14-12(4-2)10-5-7-11(13)8-6-10/h4-8,12,14H,2-3,9H2,1H3. The van der Waals surface area contributed by atoms with E-state index in [-0.39, 0.29) is 6.04 Å². The van der Waals surface area contributed by atoms with Gasteiger partial charge in [-0.15, -0.1) is 6.58 Å². The second-order valence-electron chi connectivity index (χ2n) is 3.22. The number of rotatable bonds is 5. The van der Waals surface area contributed by atoms with Gasteiger partial charge in [0.25, 0.3) is 0 Å². The van der Waals surface area contributed by atoms with E-state index in [4.69, 9.17) is 0 Å².